The number of carbonyl (C=O) groups is 1. The predicted molar refractivity (Wildman–Crippen MR) is 140 cm³/mol. The van der Waals surface area contributed by atoms with Crippen molar-refractivity contribution in [1.82, 2.24) is 4.90 Å². The summed E-state index contributed by atoms with van der Waals surface area (Å²) in [6.45, 7) is 7.28. The van der Waals surface area contributed by atoms with Gasteiger partial charge in [0.05, 0.1) is 16.1 Å². The van der Waals surface area contributed by atoms with Crippen LogP contribution in [0, 0.1) is 5.82 Å². The molecule has 0 spiro atoms. The van der Waals surface area contributed by atoms with Gasteiger partial charge in [-0.15, -0.1) is 0 Å². The fourth-order valence-corrected chi connectivity index (χ4v) is 5.22. The lowest BCUT2D eigenvalue weighted by Crippen LogP contribution is -2.42. The van der Waals surface area contributed by atoms with E-state index < -0.39 is 0 Å². The molecule has 1 amide bonds. The average Bonchev–Trinajstić information content (AvgIpc) is 3.08. The Morgan fingerprint density at radius 3 is 2.65 bits per heavy atom. The molecule has 34 heavy (non-hydrogen) atoms. The maximum absolute atomic E-state index is 15.2. The van der Waals surface area contributed by atoms with E-state index >= 15 is 4.39 Å². The molecule has 2 aromatic rings. The molecular formula is C27H30FN3O2S. The lowest BCUT2D eigenvalue weighted by molar-refractivity contribution is -0.122. The third kappa shape index (κ3) is 4.81. The van der Waals surface area contributed by atoms with Gasteiger partial charge in [0.15, 0.2) is 5.17 Å². The van der Waals surface area contributed by atoms with Crippen molar-refractivity contribution < 1.29 is 13.9 Å². The number of carbonyl (C=O) groups excluding carboxylic acids is 1. The van der Waals surface area contributed by atoms with Crippen molar-refractivity contribution in [2.45, 2.75) is 32.7 Å². The molecule has 0 bridgehead atoms. The number of amidine groups is 1. The van der Waals surface area contributed by atoms with Crippen LogP contribution < -0.4 is 4.90 Å². The van der Waals surface area contributed by atoms with Crippen LogP contribution in [0.4, 0.5) is 15.8 Å². The highest BCUT2D eigenvalue weighted by Gasteiger charge is 2.34. The molecule has 4 rings (SSSR count). The van der Waals surface area contributed by atoms with E-state index in [1.165, 1.54) is 11.8 Å². The molecule has 0 radical (unpaired) electrons. The fourth-order valence-electron chi connectivity index (χ4n) is 4.21. The fraction of sp³-hybridized carbons (Fsp3) is 0.333. The zero-order valence-electron chi connectivity index (χ0n) is 20.3. The second-order valence-electron chi connectivity index (χ2n) is 9.07. The number of fused-ring (bicyclic) bond motifs is 1. The van der Waals surface area contributed by atoms with Crippen LogP contribution in [0.3, 0.4) is 0 Å². The molecule has 5 nitrogen and oxygen atoms in total. The molecule has 0 atom stereocenters. The minimum atomic E-state index is -0.351. The van der Waals surface area contributed by atoms with Crippen molar-refractivity contribution in [3.63, 3.8) is 0 Å². The van der Waals surface area contributed by atoms with Gasteiger partial charge in [-0.05, 0) is 74.9 Å². The number of hydrogen-bond acceptors (Lipinski definition) is 5. The van der Waals surface area contributed by atoms with E-state index in [4.69, 9.17) is 4.74 Å². The number of methoxy groups -OCH3 is 1. The van der Waals surface area contributed by atoms with Crippen molar-refractivity contribution >= 4 is 45.9 Å². The molecule has 0 unspecified atom stereocenters. The number of aliphatic imine (C=N–C) groups is 1. The van der Waals surface area contributed by atoms with Crippen molar-refractivity contribution in [2.75, 3.05) is 32.2 Å². The Bertz CT molecular complexity index is 1190. The number of hydrogen-bond donors (Lipinski definition) is 0. The Morgan fingerprint density at radius 2 is 1.94 bits per heavy atom. The van der Waals surface area contributed by atoms with Crippen molar-refractivity contribution in [1.29, 1.82) is 0 Å². The Kier molecular flexibility index (Phi) is 6.96. The van der Waals surface area contributed by atoms with Crippen LogP contribution in [-0.4, -0.2) is 48.8 Å². The molecule has 2 aliphatic rings. The number of halogens is 1. The van der Waals surface area contributed by atoms with Gasteiger partial charge in [0.2, 0.25) is 0 Å². The molecule has 178 valence electrons. The summed E-state index contributed by atoms with van der Waals surface area (Å²) in [5.74, 6) is -0.519. The summed E-state index contributed by atoms with van der Waals surface area (Å²) in [4.78, 5) is 22.1. The first-order valence-corrected chi connectivity index (χ1v) is 12.1. The summed E-state index contributed by atoms with van der Waals surface area (Å²) in [6.07, 6.45) is 4.51. The number of thioether (sulfide) groups is 1. The van der Waals surface area contributed by atoms with Crippen LogP contribution >= 0.6 is 11.8 Å². The third-order valence-electron chi connectivity index (χ3n) is 6.22. The number of ether oxygens (including phenoxy) is 1. The van der Waals surface area contributed by atoms with Crippen LogP contribution in [0.5, 0.6) is 0 Å². The van der Waals surface area contributed by atoms with E-state index in [1.54, 1.807) is 24.2 Å². The largest absolute Gasteiger partial charge is 0.385 e. The Labute approximate surface area is 205 Å². The number of rotatable bonds is 6. The second-order valence-corrected chi connectivity index (χ2v) is 10.1. The Morgan fingerprint density at radius 1 is 1.21 bits per heavy atom. The first-order chi connectivity index (χ1) is 16.2. The summed E-state index contributed by atoms with van der Waals surface area (Å²) >= 11 is 1.28. The van der Waals surface area contributed by atoms with Gasteiger partial charge in [0, 0.05) is 44.1 Å². The maximum Gasteiger partial charge on any atom is 0.266 e. The van der Waals surface area contributed by atoms with Gasteiger partial charge in [0.25, 0.3) is 5.91 Å². The number of allylic oxidation sites excluding steroid dienone is 1. The van der Waals surface area contributed by atoms with Gasteiger partial charge in [-0.25, -0.2) is 9.38 Å². The van der Waals surface area contributed by atoms with Crippen LogP contribution in [0.1, 0.15) is 38.3 Å². The molecular weight excluding hydrogens is 449 g/mol. The number of para-hydroxylation sites is 1. The van der Waals surface area contributed by atoms with Gasteiger partial charge in [-0.2, -0.15) is 0 Å². The molecule has 0 N–H and O–H groups in total. The van der Waals surface area contributed by atoms with E-state index in [0.29, 0.717) is 35.2 Å². The lowest BCUT2D eigenvalue weighted by atomic mass is 9.88. The van der Waals surface area contributed by atoms with Gasteiger partial charge in [-0.3, -0.25) is 9.69 Å². The van der Waals surface area contributed by atoms with Crippen LogP contribution in [-0.2, 0) is 9.53 Å². The lowest BCUT2D eigenvalue weighted by Gasteiger charge is -2.40. The van der Waals surface area contributed by atoms with Crippen molar-refractivity contribution in [3.05, 3.63) is 70.4 Å². The van der Waals surface area contributed by atoms with Crippen LogP contribution in [0.25, 0.3) is 11.6 Å². The Balaban J connectivity index is 1.71. The predicted octanol–water partition coefficient (Wildman–Crippen LogP) is 6.10. The monoisotopic (exact) mass is 479 g/mol. The van der Waals surface area contributed by atoms with Gasteiger partial charge in [-0.1, -0.05) is 24.3 Å². The molecule has 1 saturated heterocycles. The molecule has 0 aliphatic carbocycles. The van der Waals surface area contributed by atoms with Crippen LogP contribution in [0.15, 0.2) is 58.4 Å². The number of benzene rings is 2. The van der Waals surface area contributed by atoms with E-state index in [1.807, 2.05) is 50.4 Å². The summed E-state index contributed by atoms with van der Waals surface area (Å²) in [7, 11) is 3.61. The zero-order chi connectivity index (χ0) is 24.5. The van der Waals surface area contributed by atoms with E-state index in [9.17, 15) is 4.79 Å². The quantitative estimate of drug-likeness (QED) is 0.371. The van der Waals surface area contributed by atoms with Crippen LogP contribution in [0.2, 0.25) is 0 Å². The summed E-state index contributed by atoms with van der Waals surface area (Å²) < 4.78 is 20.4. The Hall–Kier alpha value is -2.90. The first-order valence-electron chi connectivity index (χ1n) is 11.3. The van der Waals surface area contributed by atoms with E-state index in [-0.39, 0.29) is 17.3 Å². The summed E-state index contributed by atoms with van der Waals surface area (Å²) in [5, 5.41) is 0.592. The minimum Gasteiger partial charge on any atom is -0.385 e. The summed E-state index contributed by atoms with van der Waals surface area (Å²) in [5.41, 5.74) is 3.88. The minimum absolute atomic E-state index is 0.168. The number of nitrogens with zero attached hydrogens (tertiary/aromatic N) is 3. The normalized spacial score (nSPS) is 19.7. The van der Waals surface area contributed by atoms with Gasteiger partial charge in [0.1, 0.15) is 5.82 Å². The maximum atomic E-state index is 15.2. The SMILES string of the molecule is COCCCN1C(=O)/C(=C\c2cc3c(cc2F)N(C)C(C)(C)C=C3C)SC1=Nc1ccccc1. The van der Waals surface area contributed by atoms with Crippen molar-refractivity contribution in [3.8, 4) is 0 Å². The van der Waals surface area contributed by atoms with E-state index in [0.717, 1.165) is 22.5 Å². The highest BCUT2D eigenvalue weighted by atomic mass is 32.2. The second kappa shape index (κ2) is 9.76. The van der Waals surface area contributed by atoms with Gasteiger partial charge >= 0.3 is 0 Å². The zero-order valence-corrected chi connectivity index (χ0v) is 21.1. The summed E-state index contributed by atoms with van der Waals surface area (Å²) in [6, 6.07) is 12.9. The number of likely N-dealkylation sites (N-methyl/N-ethyl adjacent to an activating group) is 1. The number of amides is 1. The molecule has 0 aromatic heterocycles. The highest BCUT2D eigenvalue weighted by molar-refractivity contribution is 8.18. The van der Waals surface area contributed by atoms with E-state index in [2.05, 4.69) is 29.8 Å². The molecule has 2 aromatic carbocycles. The standard InChI is InChI=1S/C27H30FN3O2S/c1-18-17-27(2,3)30(4)23-16-22(28)19(14-21(18)23)15-24-25(32)31(12-9-13-33-5)26(34-24)29-20-10-7-6-8-11-20/h6-8,10-11,14-17H,9,12-13H2,1-5H3/b24-15+,29-26?. The smallest absolute Gasteiger partial charge is 0.266 e. The van der Waals surface area contributed by atoms with Gasteiger partial charge < -0.3 is 9.64 Å². The molecule has 7 heteroatoms. The molecule has 1 fully saturated rings. The van der Waals surface area contributed by atoms with Crippen molar-refractivity contribution in [2.24, 2.45) is 4.99 Å². The molecule has 2 heterocycles. The molecule has 0 saturated carbocycles. The topological polar surface area (TPSA) is 45.1 Å². The highest BCUT2D eigenvalue weighted by Crippen LogP contribution is 2.40. The number of anilines is 1. The molecule has 2 aliphatic heterocycles. The third-order valence-corrected chi connectivity index (χ3v) is 7.23. The average molecular weight is 480 g/mol. The first kappa shape index (κ1) is 24.2.